The maximum absolute atomic E-state index is 11.5. The Kier molecular flexibility index (Phi) is 4.57. The lowest BCUT2D eigenvalue weighted by Crippen LogP contribution is -2.31. The van der Waals surface area contributed by atoms with Crippen molar-refractivity contribution < 1.29 is 9.53 Å². The van der Waals surface area contributed by atoms with Crippen molar-refractivity contribution in [2.75, 3.05) is 13.7 Å². The molecule has 0 saturated carbocycles. The van der Waals surface area contributed by atoms with Gasteiger partial charge < -0.3 is 10.1 Å². The Labute approximate surface area is 95.6 Å². The first-order chi connectivity index (χ1) is 6.63. The summed E-state index contributed by atoms with van der Waals surface area (Å²) in [6.07, 6.45) is 0.0426. The number of methoxy groups -OCH3 is 1. The summed E-state index contributed by atoms with van der Waals surface area (Å²) < 4.78 is 5.98. The number of halogens is 1. The maximum Gasteiger partial charge on any atom is 0.252 e. The molecule has 0 spiro atoms. The second-order valence-corrected chi connectivity index (χ2v) is 5.19. The smallest absolute Gasteiger partial charge is 0.252 e. The van der Waals surface area contributed by atoms with E-state index in [4.69, 9.17) is 4.74 Å². The van der Waals surface area contributed by atoms with Crippen LogP contribution in [-0.2, 0) is 4.74 Å². The van der Waals surface area contributed by atoms with E-state index in [1.54, 1.807) is 13.2 Å². The number of amides is 1. The third kappa shape index (κ3) is 3.40. The van der Waals surface area contributed by atoms with Crippen LogP contribution in [-0.4, -0.2) is 25.7 Å². The Hall–Kier alpha value is -0.390. The number of thiophene rings is 1. The fraction of sp³-hybridized carbons (Fsp3) is 0.444. The molecule has 0 aliphatic carbocycles. The Balaban J connectivity index is 2.43. The van der Waals surface area contributed by atoms with Gasteiger partial charge in [0.25, 0.3) is 5.91 Å². The van der Waals surface area contributed by atoms with Gasteiger partial charge in [-0.3, -0.25) is 4.79 Å². The minimum atomic E-state index is -0.0594. The highest BCUT2D eigenvalue weighted by Crippen LogP contribution is 2.20. The van der Waals surface area contributed by atoms with Crippen LogP contribution in [0.25, 0.3) is 0 Å². The molecule has 0 saturated heterocycles. The van der Waals surface area contributed by atoms with Crippen molar-refractivity contribution in [3.8, 4) is 0 Å². The summed E-state index contributed by atoms with van der Waals surface area (Å²) in [7, 11) is 1.62. The van der Waals surface area contributed by atoms with Gasteiger partial charge in [0.05, 0.1) is 15.5 Å². The Morgan fingerprint density at radius 2 is 2.50 bits per heavy atom. The van der Waals surface area contributed by atoms with Gasteiger partial charge >= 0.3 is 0 Å². The van der Waals surface area contributed by atoms with Crippen LogP contribution in [0.5, 0.6) is 0 Å². The third-order valence-electron chi connectivity index (χ3n) is 1.78. The van der Waals surface area contributed by atoms with E-state index in [0.29, 0.717) is 12.1 Å². The van der Waals surface area contributed by atoms with Gasteiger partial charge in [-0.2, -0.15) is 0 Å². The van der Waals surface area contributed by atoms with E-state index in [1.165, 1.54) is 11.3 Å². The second kappa shape index (κ2) is 5.48. The first kappa shape index (κ1) is 11.7. The summed E-state index contributed by atoms with van der Waals surface area (Å²) in [6.45, 7) is 2.44. The maximum atomic E-state index is 11.5. The van der Waals surface area contributed by atoms with Gasteiger partial charge in [0.1, 0.15) is 0 Å². The van der Waals surface area contributed by atoms with Crippen molar-refractivity contribution in [2.24, 2.45) is 0 Å². The number of carbonyl (C=O) groups is 1. The first-order valence-corrected chi connectivity index (χ1v) is 5.85. The molecule has 1 aromatic heterocycles. The van der Waals surface area contributed by atoms with Crippen LogP contribution in [0.3, 0.4) is 0 Å². The number of hydrogen-bond acceptors (Lipinski definition) is 3. The summed E-state index contributed by atoms with van der Waals surface area (Å²) in [5.74, 6) is -0.0594. The summed E-state index contributed by atoms with van der Waals surface area (Å²) in [4.78, 5) is 11.5. The molecule has 0 fully saturated rings. The second-order valence-electron chi connectivity index (χ2n) is 2.90. The van der Waals surface area contributed by atoms with Crippen molar-refractivity contribution in [3.63, 3.8) is 0 Å². The minimum absolute atomic E-state index is 0.0426. The molecule has 0 aliphatic rings. The normalized spacial score (nSPS) is 12.5. The van der Waals surface area contributed by atoms with Crippen LogP contribution in [0.1, 0.15) is 17.3 Å². The van der Waals surface area contributed by atoms with E-state index in [-0.39, 0.29) is 12.0 Å². The number of carbonyl (C=O) groups excluding carboxylic acids is 1. The molecule has 5 heteroatoms. The molecule has 1 atom stereocenters. The van der Waals surface area contributed by atoms with Crippen LogP contribution in [0.2, 0.25) is 0 Å². The van der Waals surface area contributed by atoms with E-state index in [9.17, 15) is 4.79 Å². The molecule has 14 heavy (non-hydrogen) atoms. The zero-order valence-electron chi connectivity index (χ0n) is 8.04. The highest BCUT2D eigenvalue weighted by atomic mass is 79.9. The van der Waals surface area contributed by atoms with Crippen molar-refractivity contribution in [2.45, 2.75) is 13.0 Å². The predicted octanol–water partition coefficient (Wildman–Crippen LogP) is 2.28. The zero-order valence-corrected chi connectivity index (χ0v) is 10.4. The third-order valence-corrected chi connectivity index (χ3v) is 3.29. The van der Waals surface area contributed by atoms with Gasteiger partial charge in [0.15, 0.2) is 0 Å². The molecule has 1 amide bonds. The average molecular weight is 278 g/mol. The number of nitrogens with one attached hydrogen (secondary N) is 1. The van der Waals surface area contributed by atoms with Crippen LogP contribution < -0.4 is 5.32 Å². The van der Waals surface area contributed by atoms with Crippen LogP contribution in [0, 0.1) is 0 Å². The quantitative estimate of drug-likeness (QED) is 0.917. The van der Waals surface area contributed by atoms with E-state index >= 15 is 0 Å². The Morgan fingerprint density at radius 1 is 1.79 bits per heavy atom. The van der Waals surface area contributed by atoms with Gasteiger partial charge in [-0.1, -0.05) is 0 Å². The SMILES string of the molecule is COC(C)CNC(=O)c1csc(Br)c1. The fourth-order valence-corrected chi connectivity index (χ4v) is 1.99. The number of rotatable bonds is 4. The molecule has 1 aromatic rings. The van der Waals surface area contributed by atoms with Crippen LogP contribution >= 0.6 is 27.3 Å². The summed E-state index contributed by atoms with van der Waals surface area (Å²) in [5.41, 5.74) is 0.685. The van der Waals surface area contributed by atoms with Gasteiger partial charge in [-0.15, -0.1) is 11.3 Å². The molecule has 3 nitrogen and oxygen atoms in total. The van der Waals surface area contributed by atoms with Crippen LogP contribution in [0.15, 0.2) is 15.2 Å². The molecular weight excluding hydrogens is 266 g/mol. The standard InChI is InChI=1S/C9H12BrNO2S/c1-6(13-2)4-11-9(12)7-3-8(10)14-5-7/h3,5-6H,4H2,1-2H3,(H,11,12). The largest absolute Gasteiger partial charge is 0.380 e. The van der Waals surface area contributed by atoms with Gasteiger partial charge in [0.2, 0.25) is 0 Å². The molecule has 0 radical (unpaired) electrons. The molecular formula is C9H12BrNO2S. The molecule has 0 aliphatic heterocycles. The zero-order chi connectivity index (χ0) is 10.6. The predicted molar refractivity (Wildman–Crippen MR) is 60.8 cm³/mol. The van der Waals surface area contributed by atoms with Crippen molar-refractivity contribution >= 4 is 33.2 Å². The topological polar surface area (TPSA) is 38.3 Å². The molecule has 1 N–H and O–H groups in total. The summed E-state index contributed by atoms with van der Waals surface area (Å²) in [6, 6.07) is 1.80. The Bertz CT molecular complexity index is 314. The average Bonchev–Trinajstić information content (AvgIpc) is 2.60. The Morgan fingerprint density at radius 3 is 3.00 bits per heavy atom. The van der Waals surface area contributed by atoms with Crippen molar-refractivity contribution in [1.82, 2.24) is 5.32 Å². The highest BCUT2D eigenvalue weighted by molar-refractivity contribution is 9.11. The van der Waals surface area contributed by atoms with Gasteiger partial charge in [-0.05, 0) is 28.9 Å². The number of hydrogen-bond donors (Lipinski definition) is 1. The monoisotopic (exact) mass is 277 g/mol. The summed E-state index contributed by atoms with van der Waals surface area (Å²) >= 11 is 4.81. The fourth-order valence-electron chi connectivity index (χ4n) is 0.851. The van der Waals surface area contributed by atoms with Gasteiger partial charge in [-0.25, -0.2) is 0 Å². The van der Waals surface area contributed by atoms with Crippen molar-refractivity contribution in [3.05, 3.63) is 20.8 Å². The molecule has 1 heterocycles. The van der Waals surface area contributed by atoms with Crippen molar-refractivity contribution in [1.29, 1.82) is 0 Å². The summed E-state index contributed by atoms with van der Waals surface area (Å²) in [5, 5.41) is 4.60. The number of ether oxygens (including phenoxy) is 1. The van der Waals surface area contributed by atoms with E-state index in [0.717, 1.165) is 3.79 Å². The van der Waals surface area contributed by atoms with E-state index in [2.05, 4.69) is 21.2 Å². The molecule has 0 bridgehead atoms. The van der Waals surface area contributed by atoms with Crippen LogP contribution in [0.4, 0.5) is 0 Å². The minimum Gasteiger partial charge on any atom is -0.380 e. The molecule has 1 rings (SSSR count). The van der Waals surface area contributed by atoms with E-state index < -0.39 is 0 Å². The highest BCUT2D eigenvalue weighted by Gasteiger charge is 2.08. The molecule has 78 valence electrons. The molecule has 0 aromatic carbocycles. The lowest BCUT2D eigenvalue weighted by Gasteiger charge is -2.09. The first-order valence-electron chi connectivity index (χ1n) is 4.18. The lowest BCUT2D eigenvalue weighted by molar-refractivity contribution is 0.0871. The lowest BCUT2D eigenvalue weighted by atomic mass is 10.3. The molecule has 1 unspecified atom stereocenters. The van der Waals surface area contributed by atoms with E-state index in [1.807, 2.05) is 12.3 Å². The van der Waals surface area contributed by atoms with Gasteiger partial charge in [0, 0.05) is 19.0 Å².